The molecule has 2 aromatic carbocycles. The largest absolute Gasteiger partial charge is 0.322 e. The molecular weight excluding hydrogens is 396 g/mol. The number of anilines is 1. The van der Waals surface area contributed by atoms with Gasteiger partial charge in [-0.3, -0.25) is 14.5 Å². The molecule has 28 heavy (non-hydrogen) atoms. The zero-order valence-corrected chi connectivity index (χ0v) is 16.3. The summed E-state index contributed by atoms with van der Waals surface area (Å²) in [5, 5.41) is 10.3. The van der Waals surface area contributed by atoms with E-state index in [1.807, 2.05) is 30.3 Å². The zero-order chi connectivity index (χ0) is 19.7. The van der Waals surface area contributed by atoms with Crippen molar-refractivity contribution in [2.24, 2.45) is 0 Å². The Kier molecular flexibility index (Phi) is 4.93. The minimum absolute atomic E-state index is 0.289. The number of rotatable bonds is 4. The molecule has 1 fully saturated rings. The van der Waals surface area contributed by atoms with Gasteiger partial charge < -0.3 is 5.32 Å². The van der Waals surface area contributed by atoms with E-state index in [-0.39, 0.29) is 11.8 Å². The van der Waals surface area contributed by atoms with Crippen molar-refractivity contribution in [3.05, 3.63) is 59.0 Å². The van der Waals surface area contributed by atoms with Crippen molar-refractivity contribution < 1.29 is 14.2 Å². The molecule has 3 aromatic rings. The third-order valence-corrected chi connectivity index (χ3v) is 5.56. The van der Waals surface area contributed by atoms with Crippen LogP contribution in [0.1, 0.15) is 12.5 Å². The number of thiocarbonyl (C=S) groups is 1. The first-order valence-corrected chi connectivity index (χ1v) is 9.61. The van der Waals surface area contributed by atoms with E-state index in [0.717, 1.165) is 5.56 Å². The maximum Gasteiger partial charge on any atom is 0.266 e. The van der Waals surface area contributed by atoms with Crippen molar-refractivity contribution in [2.75, 3.05) is 5.32 Å². The fraction of sp³-hybridized carbons (Fsp3) is 0.105. The topological polar surface area (TPSA) is 88.3 Å². The molecule has 2 amide bonds. The molecule has 0 spiro atoms. The Morgan fingerprint density at radius 1 is 1.21 bits per heavy atom. The molecule has 1 saturated heterocycles. The van der Waals surface area contributed by atoms with E-state index in [9.17, 15) is 9.59 Å². The molecule has 7 nitrogen and oxygen atoms in total. The Hall–Kier alpha value is -3.04. The second-order valence-corrected chi connectivity index (χ2v) is 7.74. The predicted molar refractivity (Wildman–Crippen MR) is 111 cm³/mol. The quantitative estimate of drug-likeness (QED) is 0.520. The Balaban J connectivity index is 1.54. The molecule has 140 valence electrons. The number of thioether (sulfide) groups is 1. The molecule has 1 atom stereocenters. The van der Waals surface area contributed by atoms with Gasteiger partial charge in [0, 0.05) is 0 Å². The summed E-state index contributed by atoms with van der Waals surface area (Å²) in [4.78, 5) is 27.4. The number of carbonyl (C=O) groups excluding carboxylic acids is 2. The number of carbonyl (C=O) groups is 2. The van der Waals surface area contributed by atoms with Crippen molar-refractivity contribution in [3.8, 4) is 0 Å². The fourth-order valence-electron chi connectivity index (χ4n) is 2.78. The molecular formula is C19H14N4O3S2. The number of fused-ring (bicyclic) bond motifs is 1. The second-order valence-electron chi connectivity index (χ2n) is 6.07. The highest BCUT2D eigenvalue weighted by molar-refractivity contribution is 8.26. The van der Waals surface area contributed by atoms with Crippen molar-refractivity contribution >= 4 is 62.9 Å². The summed E-state index contributed by atoms with van der Waals surface area (Å²) in [7, 11) is 0. The number of aromatic nitrogens is 2. The molecule has 1 aromatic heterocycles. The first kappa shape index (κ1) is 18.3. The summed E-state index contributed by atoms with van der Waals surface area (Å²) < 4.78 is 5.05. The van der Waals surface area contributed by atoms with E-state index >= 15 is 0 Å². The highest BCUT2D eigenvalue weighted by atomic mass is 32.2. The maximum absolute atomic E-state index is 12.8. The van der Waals surface area contributed by atoms with Crippen LogP contribution in [-0.4, -0.2) is 37.4 Å². The van der Waals surface area contributed by atoms with Gasteiger partial charge >= 0.3 is 0 Å². The van der Waals surface area contributed by atoms with E-state index in [1.54, 1.807) is 31.2 Å². The van der Waals surface area contributed by atoms with Crippen LogP contribution in [0, 0.1) is 0 Å². The van der Waals surface area contributed by atoms with Crippen molar-refractivity contribution in [3.63, 3.8) is 0 Å². The zero-order valence-electron chi connectivity index (χ0n) is 14.7. The lowest BCUT2D eigenvalue weighted by atomic mass is 10.2. The highest BCUT2D eigenvalue weighted by Gasteiger charge is 2.38. The average Bonchev–Trinajstić information content (AvgIpc) is 3.27. The van der Waals surface area contributed by atoms with E-state index in [1.165, 1.54) is 16.7 Å². The predicted octanol–water partition coefficient (Wildman–Crippen LogP) is 3.45. The Labute approximate surface area is 169 Å². The van der Waals surface area contributed by atoms with Crippen molar-refractivity contribution in [1.82, 2.24) is 15.2 Å². The number of nitrogens with zero attached hydrogens (tertiary/aromatic N) is 3. The lowest BCUT2D eigenvalue weighted by Crippen LogP contribution is -2.44. The summed E-state index contributed by atoms with van der Waals surface area (Å²) in [6.07, 6.45) is 1.77. The molecule has 9 heteroatoms. The van der Waals surface area contributed by atoms with E-state index in [0.29, 0.717) is 25.9 Å². The minimum atomic E-state index is -0.788. The number of nitrogens with one attached hydrogen (secondary N) is 1. The van der Waals surface area contributed by atoms with Gasteiger partial charge in [-0.05, 0) is 41.0 Å². The first-order valence-electron chi connectivity index (χ1n) is 8.39. The van der Waals surface area contributed by atoms with E-state index < -0.39 is 6.04 Å². The molecule has 1 aliphatic heterocycles. The smallest absolute Gasteiger partial charge is 0.266 e. The Morgan fingerprint density at radius 3 is 2.79 bits per heavy atom. The van der Waals surface area contributed by atoms with E-state index in [4.69, 9.17) is 16.8 Å². The van der Waals surface area contributed by atoms with Crippen LogP contribution in [0.5, 0.6) is 0 Å². The van der Waals surface area contributed by atoms with Gasteiger partial charge in [-0.15, -0.1) is 0 Å². The average molecular weight is 410 g/mol. The monoisotopic (exact) mass is 410 g/mol. The lowest BCUT2D eigenvalue weighted by molar-refractivity contribution is -0.129. The van der Waals surface area contributed by atoms with Gasteiger partial charge in [-0.2, -0.15) is 0 Å². The summed E-state index contributed by atoms with van der Waals surface area (Å²) >= 11 is 6.53. The number of hydrogen-bond donors (Lipinski definition) is 1. The summed E-state index contributed by atoms with van der Waals surface area (Å²) in [6, 6.07) is 13.8. The van der Waals surface area contributed by atoms with Crippen LogP contribution in [0.2, 0.25) is 0 Å². The molecule has 1 N–H and O–H groups in total. The van der Waals surface area contributed by atoms with Crippen LogP contribution in [0.3, 0.4) is 0 Å². The van der Waals surface area contributed by atoms with Gasteiger partial charge in [0.25, 0.3) is 5.91 Å². The number of amides is 2. The van der Waals surface area contributed by atoms with Gasteiger partial charge in [-0.25, -0.2) is 4.63 Å². The van der Waals surface area contributed by atoms with Crippen LogP contribution in [0.15, 0.2) is 58.1 Å². The summed E-state index contributed by atoms with van der Waals surface area (Å²) in [5.41, 5.74) is 2.32. The summed E-state index contributed by atoms with van der Waals surface area (Å²) in [6.45, 7) is 1.63. The molecule has 4 rings (SSSR count). The molecule has 1 aliphatic rings. The number of hydrogen-bond acceptors (Lipinski definition) is 7. The summed E-state index contributed by atoms with van der Waals surface area (Å²) in [5.74, 6) is -0.671. The maximum atomic E-state index is 12.8. The van der Waals surface area contributed by atoms with Gasteiger partial charge in [0.2, 0.25) is 5.91 Å². The van der Waals surface area contributed by atoms with Crippen LogP contribution < -0.4 is 5.32 Å². The molecule has 0 unspecified atom stereocenters. The Bertz CT molecular complexity index is 1110. The molecule has 0 bridgehead atoms. The van der Waals surface area contributed by atoms with E-state index in [2.05, 4.69) is 15.6 Å². The normalized spacial score (nSPS) is 16.8. The van der Waals surface area contributed by atoms with Crippen LogP contribution in [-0.2, 0) is 9.59 Å². The van der Waals surface area contributed by atoms with Crippen molar-refractivity contribution in [1.29, 1.82) is 0 Å². The molecule has 0 radical (unpaired) electrons. The molecule has 0 saturated carbocycles. The molecule has 0 aliphatic carbocycles. The van der Waals surface area contributed by atoms with Gasteiger partial charge in [0.05, 0.1) is 10.6 Å². The van der Waals surface area contributed by atoms with Gasteiger partial charge in [-0.1, -0.05) is 60.4 Å². The second kappa shape index (κ2) is 7.53. The third kappa shape index (κ3) is 3.41. The van der Waals surface area contributed by atoms with Crippen LogP contribution in [0.25, 0.3) is 17.1 Å². The minimum Gasteiger partial charge on any atom is -0.322 e. The Morgan fingerprint density at radius 2 is 2.00 bits per heavy atom. The fourth-order valence-corrected chi connectivity index (χ4v) is 4.19. The molecule has 2 heterocycles. The van der Waals surface area contributed by atoms with Crippen LogP contribution >= 0.6 is 24.0 Å². The van der Waals surface area contributed by atoms with Crippen LogP contribution in [0.4, 0.5) is 5.69 Å². The highest BCUT2D eigenvalue weighted by Crippen LogP contribution is 2.34. The first-order chi connectivity index (χ1) is 13.5. The lowest BCUT2D eigenvalue weighted by Gasteiger charge is -2.22. The third-order valence-electron chi connectivity index (χ3n) is 4.23. The van der Waals surface area contributed by atoms with Gasteiger partial charge in [0.15, 0.2) is 5.52 Å². The standard InChI is InChI=1S/C19H14N4O3S2/c1-11(17(24)20-13-8-5-9-14-16(13)22-26-21-14)23-18(25)15(28-19(23)27)10-12-6-3-2-4-7-12/h2-11H,1H3,(H,20,24)/b15-10-/t11-/m1/s1. The number of benzene rings is 2. The SMILES string of the molecule is C[C@H](C(=O)Nc1cccc2nonc12)N1C(=O)/C(=C/c2ccccc2)SC1=S. The van der Waals surface area contributed by atoms with Gasteiger partial charge in [0.1, 0.15) is 15.9 Å². The van der Waals surface area contributed by atoms with Crippen molar-refractivity contribution in [2.45, 2.75) is 13.0 Å².